The molecule has 0 saturated heterocycles. The highest BCUT2D eigenvalue weighted by Gasteiger charge is 2.49. The minimum Gasteiger partial charge on any atom is -0.375 e. The van der Waals surface area contributed by atoms with Crippen LogP contribution in [-0.2, 0) is 21.0 Å². The Morgan fingerprint density at radius 3 is 1.86 bits per heavy atom. The van der Waals surface area contributed by atoms with Crippen LogP contribution in [0.5, 0.6) is 5.75 Å². The van der Waals surface area contributed by atoms with Gasteiger partial charge in [0.05, 0.1) is 0 Å². The Balaban J connectivity index is 3.24. The third-order valence-corrected chi connectivity index (χ3v) is 6.19. The van der Waals surface area contributed by atoms with Crippen molar-refractivity contribution in [1.29, 1.82) is 0 Å². The molecule has 0 bridgehead atoms. The summed E-state index contributed by atoms with van der Waals surface area (Å²) in [6, 6.07) is 3.40. The third kappa shape index (κ3) is 4.06. The molecule has 0 amide bonds. The van der Waals surface area contributed by atoms with Gasteiger partial charge in [-0.25, -0.2) is 0 Å². The second kappa shape index (κ2) is 6.48. The average Bonchev–Trinajstić information content (AvgIpc) is 2.34. The Kier molecular flexibility index (Phi) is 5.60. The molecule has 3 nitrogen and oxygen atoms in total. The van der Waals surface area contributed by atoms with Crippen LogP contribution in [0.25, 0.3) is 0 Å². The molecule has 0 saturated carbocycles. The van der Waals surface area contributed by atoms with E-state index < -0.39 is 15.6 Å². The molecule has 0 aliphatic rings. The Morgan fingerprint density at radius 1 is 1.10 bits per heavy atom. The lowest BCUT2D eigenvalue weighted by Crippen LogP contribution is -2.28. The van der Waals surface area contributed by atoms with Crippen LogP contribution in [0.4, 0.5) is 13.2 Å². The second-order valence-electron chi connectivity index (χ2n) is 4.44. The van der Waals surface area contributed by atoms with E-state index in [1.165, 1.54) is 0 Å². The monoisotopic (exact) mass is 343 g/mol. The molecule has 1 aromatic carbocycles. The van der Waals surface area contributed by atoms with E-state index in [1.807, 2.05) is 13.8 Å². The van der Waals surface area contributed by atoms with Gasteiger partial charge in [-0.3, -0.25) is 0 Å². The predicted molar refractivity (Wildman–Crippen MR) is 78.2 cm³/mol. The second-order valence-corrected chi connectivity index (χ2v) is 8.59. The van der Waals surface area contributed by atoms with Gasteiger partial charge in [0.25, 0.3) is 0 Å². The first-order chi connectivity index (χ1) is 9.53. The smallest absolute Gasteiger partial charge is 0.375 e. The van der Waals surface area contributed by atoms with E-state index in [1.54, 1.807) is 26.0 Å². The van der Waals surface area contributed by atoms with Crippen LogP contribution in [0.2, 0.25) is 0 Å². The normalized spacial score (nSPS) is 12.8. The zero-order valence-corrected chi connectivity index (χ0v) is 13.9. The summed E-state index contributed by atoms with van der Waals surface area (Å²) in [5.41, 5.74) is -4.66. The minimum absolute atomic E-state index is 0.00193. The highest BCUT2D eigenvalue weighted by molar-refractivity contribution is 7.96. The highest BCUT2D eigenvalue weighted by Crippen LogP contribution is 2.33. The quantitative estimate of drug-likeness (QED) is 0.466. The van der Waals surface area contributed by atoms with Crippen molar-refractivity contribution in [3.05, 3.63) is 23.3 Å². The first-order valence-electron chi connectivity index (χ1n) is 6.33. The number of halogens is 3. The number of hydrogen-bond donors (Lipinski definition) is 0. The van der Waals surface area contributed by atoms with Crippen molar-refractivity contribution >= 4 is 21.0 Å². The van der Waals surface area contributed by atoms with E-state index in [0.29, 0.717) is 11.1 Å². The first kappa shape index (κ1) is 18.2. The Hall–Kier alpha value is -0.890. The van der Waals surface area contributed by atoms with Crippen molar-refractivity contribution in [2.45, 2.75) is 38.1 Å². The van der Waals surface area contributed by atoms with Crippen molar-refractivity contribution in [2.24, 2.45) is 0 Å². The topological polar surface area (TPSA) is 43.4 Å². The van der Waals surface area contributed by atoms with E-state index in [-0.39, 0.29) is 16.6 Å². The maximum Gasteiger partial charge on any atom is 0.534 e. The van der Waals surface area contributed by atoms with Gasteiger partial charge in [0.1, 0.15) is 17.3 Å². The Labute approximate surface area is 126 Å². The van der Waals surface area contributed by atoms with Crippen LogP contribution in [0.15, 0.2) is 17.0 Å². The van der Waals surface area contributed by atoms with Crippen LogP contribution >= 0.6 is 0 Å². The van der Waals surface area contributed by atoms with Gasteiger partial charge < -0.3 is 4.18 Å². The molecule has 120 valence electrons. The molecular weight excluding hydrogens is 325 g/mol. The fourth-order valence-corrected chi connectivity index (χ4v) is 4.24. The van der Waals surface area contributed by atoms with Crippen molar-refractivity contribution in [3.8, 4) is 5.75 Å². The fourth-order valence-electron chi connectivity index (χ4n) is 1.90. The lowest BCUT2D eigenvalue weighted by atomic mass is 10.1. The average molecular weight is 343 g/mol. The van der Waals surface area contributed by atoms with Crippen molar-refractivity contribution < 1.29 is 25.8 Å². The summed E-state index contributed by atoms with van der Waals surface area (Å²) in [7, 11) is -5.64. The standard InChI is InChI=1S/C13H18F3O3S2/c1-5-20(6-2)11-7-9(3)12(10(4)8-11)19-21(17,18)13(14,15)16/h7-8H,5-6H2,1-4H3/q+1. The molecule has 0 atom stereocenters. The van der Waals surface area contributed by atoms with E-state index in [2.05, 4.69) is 4.18 Å². The van der Waals surface area contributed by atoms with Crippen molar-refractivity contribution in [3.63, 3.8) is 0 Å². The van der Waals surface area contributed by atoms with Gasteiger partial charge in [0.2, 0.25) is 0 Å². The summed E-state index contributed by atoms with van der Waals surface area (Å²) >= 11 is 0. The summed E-state index contributed by atoms with van der Waals surface area (Å²) in [6.45, 7) is 7.17. The van der Waals surface area contributed by atoms with Crippen LogP contribution < -0.4 is 4.18 Å². The molecule has 0 unspecified atom stereocenters. The molecule has 0 fully saturated rings. The van der Waals surface area contributed by atoms with Gasteiger partial charge in [0, 0.05) is 10.9 Å². The van der Waals surface area contributed by atoms with E-state index in [9.17, 15) is 21.6 Å². The molecule has 0 radical (unpaired) electrons. The molecular formula is C13H18F3O3S2+. The summed E-state index contributed by atoms with van der Waals surface area (Å²) in [5, 5.41) is 0. The lowest BCUT2D eigenvalue weighted by molar-refractivity contribution is -0.0500. The first-order valence-corrected chi connectivity index (χ1v) is 9.30. The number of benzene rings is 1. The number of alkyl halides is 3. The zero-order valence-electron chi connectivity index (χ0n) is 12.2. The molecule has 0 aliphatic heterocycles. The van der Waals surface area contributed by atoms with E-state index >= 15 is 0 Å². The Bertz CT molecular complexity index is 583. The third-order valence-electron chi connectivity index (χ3n) is 2.94. The molecule has 0 spiro atoms. The van der Waals surface area contributed by atoms with Gasteiger partial charge in [-0.1, -0.05) is 0 Å². The van der Waals surface area contributed by atoms with Crippen molar-refractivity contribution in [2.75, 3.05) is 11.5 Å². The van der Waals surface area contributed by atoms with Gasteiger partial charge in [-0.05, 0) is 51.0 Å². The van der Waals surface area contributed by atoms with Gasteiger partial charge in [-0.15, -0.1) is 0 Å². The lowest BCUT2D eigenvalue weighted by Gasteiger charge is -2.14. The fraction of sp³-hybridized carbons (Fsp3) is 0.538. The molecule has 1 rings (SSSR count). The Morgan fingerprint density at radius 2 is 1.52 bits per heavy atom. The molecule has 1 aromatic rings. The predicted octanol–water partition coefficient (Wildman–Crippen LogP) is 3.55. The van der Waals surface area contributed by atoms with Crippen LogP contribution in [0.1, 0.15) is 25.0 Å². The molecule has 21 heavy (non-hydrogen) atoms. The maximum atomic E-state index is 12.4. The summed E-state index contributed by atoms with van der Waals surface area (Å²) in [6.07, 6.45) is 0. The number of rotatable bonds is 5. The van der Waals surface area contributed by atoms with Gasteiger partial charge in [0.15, 0.2) is 4.90 Å². The van der Waals surface area contributed by atoms with Crippen molar-refractivity contribution in [1.82, 2.24) is 0 Å². The van der Waals surface area contributed by atoms with Crippen LogP contribution in [-0.4, -0.2) is 25.4 Å². The highest BCUT2D eigenvalue weighted by atomic mass is 32.2. The molecule has 0 aromatic heterocycles. The largest absolute Gasteiger partial charge is 0.534 e. The molecule has 0 aliphatic carbocycles. The summed E-state index contributed by atoms with van der Waals surface area (Å²) in [4.78, 5) is 1.01. The number of aryl methyl sites for hydroxylation is 2. The van der Waals surface area contributed by atoms with E-state index in [0.717, 1.165) is 16.4 Å². The van der Waals surface area contributed by atoms with E-state index in [4.69, 9.17) is 0 Å². The zero-order chi connectivity index (χ0) is 16.4. The summed E-state index contributed by atoms with van der Waals surface area (Å²) < 4.78 is 63.7. The maximum absolute atomic E-state index is 12.4. The molecule has 8 heteroatoms. The van der Waals surface area contributed by atoms with Gasteiger partial charge in [-0.2, -0.15) is 21.6 Å². The summed E-state index contributed by atoms with van der Waals surface area (Å²) in [5.74, 6) is 1.61. The van der Waals surface area contributed by atoms with Gasteiger partial charge >= 0.3 is 15.6 Å². The van der Waals surface area contributed by atoms with Crippen LogP contribution in [0.3, 0.4) is 0 Å². The van der Waals surface area contributed by atoms with Crippen LogP contribution in [0, 0.1) is 13.8 Å². The SMILES string of the molecule is CC[S+](CC)c1cc(C)c(OS(=O)(=O)C(F)(F)F)c(C)c1. The molecule has 0 N–H and O–H groups in total. The number of hydrogen-bond acceptors (Lipinski definition) is 3. The minimum atomic E-state index is -5.64. The molecule has 0 heterocycles.